The normalized spacial score (nSPS) is 15.6. The lowest BCUT2D eigenvalue weighted by molar-refractivity contribution is -0.119. The van der Waals surface area contributed by atoms with E-state index in [1.54, 1.807) is 31.6 Å². The number of carbonyl (C=O) groups is 2. The van der Waals surface area contributed by atoms with E-state index in [-0.39, 0.29) is 17.7 Å². The summed E-state index contributed by atoms with van der Waals surface area (Å²) in [4.78, 5) is 30.7. The van der Waals surface area contributed by atoms with Crippen LogP contribution in [0.2, 0.25) is 0 Å². The summed E-state index contributed by atoms with van der Waals surface area (Å²) in [5.74, 6) is 0.248. The smallest absolute Gasteiger partial charge is 0.270 e. The van der Waals surface area contributed by atoms with Gasteiger partial charge in [-0.3, -0.25) is 19.3 Å². The van der Waals surface area contributed by atoms with Crippen molar-refractivity contribution in [1.29, 1.82) is 0 Å². The highest BCUT2D eigenvalue weighted by atomic mass is 16.5. The standard InChI is InChI=1S/C24H30N6O3/c1-15-21(16(2)33-29-15)19-11-10-18(14-25-19)27-24(32)22(17-8-6-4-5-7-9-17)28-23(31)20-12-13-26-30(20)3/h10-14,17,22H,4-9H2,1-3H3,(H,27,32)(H,28,31)/t22-/m0/s1. The summed E-state index contributed by atoms with van der Waals surface area (Å²) in [5, 5.41) is 14.0. The first-order valence-electron chi connectivity index (χ1n) is 11.4. The Labute approximate surface area is 192 Å². The molecule has 3 heterocycles. The van der Waals surface area contributed by atoms with E-state index in [0.717, 1.165) is 55.5 Å². The van der Waals surface area contributed by atoms with Gasteiger partial charge in [-0.15, -0.1) is 0 Å². The molecule has 2 N–H and O–H groups in total. The maximum Gasteiger partial charge on any atom is 0.270 e. The summed E-state index contributed by atoms with van der Waals surface area (Å²) >= 11 is 0. The molecule has 0 spiro atoms. The molecular weight excluding hydrogens is 420 g/mol. The quantitative estimate of drug-likeness (QED) is 0.552. The van der Waals surface area contributed by atoms with Gasteiger partial charge < -0.3 is 15.2 Å². The van der Waals surface area contributed by atoms with E-state index < -0.39 is 6.04 Å². The predicted octanol–water partition coefficient (Wildman–Crippen LogP) is 3.79. The largest absolute Gasteiger partial charge is 0.361 e. The van der Waals surface area contributed by atoms with Crippen LogP contribution in [0.15, 0.2) is 35.1 Å². The average Bonchev–Trinajstić information content (AvgIpc) is 3.26. The molecule has 0 aliphatic heterocycles. The van der Waals surface area contributed by atoms with Crippen molar-refractivity contribution in [3.05, 3.63) is 47.7 Å². The first kappa shape index (κ1) is 22.7. The molecule has 9 nitrogen and oxygen atoms in total. The van der Waals surface area contributed by atoms with Crippen molar-refractivity contribution >= 4 is 17.5 Å². The Morgan fingerprint density at radius 1 is 1.12 bits per heavy atom. The number of hydrogen-bond donors (Lipinski definition) is 2. The van der Waals surface area contributed by atoms with Crippen molar-refractivity contribution in [1.82, 2.24) is 25.2 Å². The molecule has 3 aromatic heterocycles. The van der Waals surface area contributed by atoms with Gasteiger partial charge in [0.1, 0.15) is 17.5 Å². The molecule has 1 aliphatic rings. The van der Waals surface area contributed by atoms with Gasteiger partial charge in [-0.05, 0) is 50.8 Å². The molecule has 33 heavy (non-hydrogen) atoms. The average molecular weight is 451 g/mol. The number of pyridine rings is 1. The van der Waals surface area contributed by atoms with Crippen molar-refractivity contribution in [3.63, 3.8) is 0 Å². The van der Waals surface area contributed by atoms with E-state index in [9.17, 15) is 9.59 Å². The van der Waals surface area contributed by atoms with Crippen molar-refractivity contribution in [2.24, 2.45) is 13.0 Å². The molecular formula is C24H30N6O3. The van der Waals surface area contributed by atoms with Crippen LogP contribution in [0.5, 0.6) is 0 Å². The Balaban J connectivity index is 1.52. The predicted molar refractivity (Wildman–Crippen MR) is 123 cm³/mol. The van der Waals surface area contributed by atoms with Gasteiger partial charge in [-0.1, -0.05) is 30.8 Å². The highest BCUT2D eigenvalue weighted by molar-refractivity contribution is 6.00. The van der Waals surface area contributed by atoms with E-state index >= 15 is 0 Å². The van der Waals surface area contributed by atoms with Crippen LogP contribution in [-0.4, -0.2) is 37.8 Å². The fraction of sp³-hybridized carbons (Fsp3) is 0.458. The molecule has 4 rings (SSSR count). The van der Waals surface area contributed by atoms with Crippen LogP contribution in [0.3, 0.4) is 0 Å². The van der Waals surface area contributed by atoms with E-state index in [1.165, 1.54) is 4.68 Å². The highest BCUT2D eigenvalue weighted by Gasteiger charge is 2.31. The molecule has 0 unspecified atom stereocenters. The maximum absolute atomic E-state index is 13.3. The van der Waals surface area contributed by atoms with Gasteiger partial charge in [0.2, 0.25) is 5.91 Å². The second kappa shape index (κ2) is 9.97. The Kier molecular flexibility index (Phi) is 6.86. The first-order chi connectivity index (χ1) is 15.9. The monoisotopic (exact) mass is 450 g/mol. The van der Waals surface area contributed by atoms with Gasteiger partial charge in [-0.25, -0.2) is 0 Å². The molecule has 0 radical (unpaired) electrons. The van der Waals surface area contributed by atoms with Crippen LogP contribution in [0.4, 0.5) is 5.69 Å². The van der Waals surface area contributed by atoms with Crippen LogP contribution in [0.1, 0.15) is 60.5 Å². The number of rotatable bonds is 6. The summed E-state index contributed by atoms with van der Waals surface area (Å²) in [6.45, 7) is 3.71. The summed E-state index contributed by atoms with van der Waals surface area (Å²) in [7, 11) is 1.71. The van der Waals surface area contributed by atoms with Crippen molar-refractivity contribution < 1.29 is 14.1 Å². The number of carbonyl (C=O) groups excluding carboxylic acids is 2. The van der Waals surface area contributed by atoms with Gasteiger partial charge >= 0.3 is 0 Å². The molecule has 0 bridgehead atoms. The number of hydrogen-bond acceptors (Lipinski definition) is 6. The lowest BCUT2D eigenvalue weighted by Crippen LogP contribution is -2.48. The number of anilines is 1. The Morgan fingerprint density at radius 2 is 1.88 bits per heavy atom. The van der Waals surface area contributed by atoms with Crippen LogP contribution in [0.25, 0.3) is 11.3 Å². The number of nitrogens with zero attached hydrogens (tertiary/aromatic N) is 4. The molecule has 2 amide bonds. The number of aromatic nitrogens is 4. The van der Waals surface area contributed by atoms with E-state index in [0.29, 0.717) is 17.1 Å². The Morgan fingerprint density at radius 3 is 2.45 bits per heavy atom. The molecule has 1 fully saturated rings. The lowest BCUT2D eigenvalue weighted by atomic mass is 9.91. The summed E-state index contributed by atoms with van der Waals surface area (Å²) in [5.41, 5.74) is 3.35. The maximum atomic E-state index is 13.3. The topological polar surface area (TPSA) is 115 Å². The fourth-order valence-electron chi connectivity index (χ4n) is 4.54. The lowest BCUT2D eigenvalue weighted by Gasteiger charge is -2.26. The summed E-state index contributed by atoms with van der Waals surface area (Å²) in [6, 6.07) is 4.65. The van der Waals surface area contributed by atoms with Gasteiger partial charge in [0.15, 0.2) is 0 Å². The van der Waals surface area contributed by atoms with E-state index in [1.807, 2.05) is 19.9 Å². The first-order valence-corrected chi connectivity index (χ1v) is 11.4. The van der Waals surface area contributed by atoms with Crippen molar-refractivity contribution in [3.8, 4) is 11.3 Å². The molecule has 1 saturated carbocycles. The van der Waals surface area contributed by atoms with Gasteiger partial charge in [0.25, 0.3) is 5.91 Å². The zero-order valence-corrected chi connectivity index (χ0v) is 19.3. The van der Waals surface area contributed by atoms with E-state index in [2.05, 4.69) is 25.9 Å². The zero-order chi connectivity index (χ0) is 23.4. The SMILES string of the molecule is Cc1noc(C)c1-c1ccc(NC(=O)[C@@H](NC(=O)c2ccnn2C)C2CCCCCC2)cn1. The third kappa shape index (κ3) is 5.13. The third-order valence-corrected chi connectivity index (χ3v) is 6.31. The van der Waals surface area contributed by atoms with Crippen LogP contribution in [0, 0.1) is 19.8 Å². The van der Waals surface area contributed by atoms with Gasteiger partial charge in [0.05, 0.1) is 28.8 Å². The molecule has 3 aromatic rings. The van der Waals surface area contributed by atoms with Crippen molar-refractivity contribution in [2.75, 3.05) is 5.32 Å². The second-order valence-corrected chi connectivity index (χ2v) is 8.66. The minimum atomic E-state index is -0.632. The van der Waals surface area contributed by atoms with Gasteiger partial charge in [0, 0.05) is 13.2 Å². The molecule has 0 saturated heterocycles. The van der Waals surface area contributed by atoms with Crippen LogP contribution < -0.4 is 10.6 Å². The van der Waals surface area contributed by atoms with Crippen molar-refractivity contribution in [2.45, 2.75) is 58.4 Å². The highest BCUT2D eigenvalue weighted by Crippen LogP contribution is 2.28. The molecule has 1 atom stereocenters. The third-order valence-electron chi connectivity index (χ3n) is 6.31. The van der Waals surface area contributed by atoms with Crippen LogP contribution >= 0.6 is 0 Å². The molecule has 9 heteroatoms. The molecule has 174 valence electrons. The Hall–Kier alpha value is -3.49. The molecule has 1 aliphatic carbocycles. The fourth-order valence-corrected chi connectivity index (χ4v) is 4.54. The second-order valence-electron chi connectivity index (χ2n) is 8.66. The number of nitrogens with one attached hydrogen (secondary N) is 2. The van der Waals surface area contributed by atoms with E-state index in [4.69, 9.17) is 4.52 Å². The molecule has 0 aromatic carbocycles. The Bertz CT molecular complexity index is 1090. The van der Waals surface area contributed by atoms with Crippen LogP contribution in [-0.2, 0) is 11.8 Å². The minimum Gasteiger partial charge on any atom is -0.361 e. The minimum absolute atomic E-state index is 0.0826. The number of aryl methyl sites for hydroxylation is 3. The summed E-state index contributed by atoms with van der Waals surface area (Å²) < 4.78 is 6.73. The number of amides is 2. The van der Waals surface area contributed by atoms with Gasteiger partial charge in [-0.2, -0.15) is 5.10 Å². The summed E-state index contributed by atoms with van der Waals surface area (Å²) in [6.07, 6.45) is 9.45. The zero-order valence-electron chi connectivity index (χ0n) is 19.3.